The monoisotopic (exact) mass is 529 g/mol. The van der Waals surface area contributed by atoms with E-state index in [1.54, 1.807) is 30.6 Å². The van der Waals surface area contributed by atoms with Gasteiger partial charge in [-0.15, -0.1) is 10.2 Å². The Bertz CT molecular complexity index is 1490. The van der Waals surface area contributed by atoms with Gasteiger partial charge in [-0.25, -0.2) is 22.8 Å². The SMILES string of the molecule is COc1cccc(OC)c1-n1c(NS(=O)(=O)[C@@H](C)[C@H](O)c2ncc(F)cn2)nnc1-c1cncc(C)c1. The minimum absolute atomic E-state index is 0.196. The van der Waals surface area contributed by atoms with Gasteiger partial charge < -0.3 is 14.6 Å². The lowest BCUT2D eigenvalue weighted by Gasteiger charge is -2.20. The van der Waals surface area contributed by atoms with E-state index in [1.807, 2.05) is 13.0 Å². The summed E-state index contributed by atoms with van der Waals surface area (Å²) in [5.74, 6) is -0.200. The molecule has 0 aliphatic rings. The highest BCUT2D eigenvalue weighted by molar-refractivity contribution is 7.93. The number of hydrogen-bond acceptors (Lipinski definition) is 10. The number of methoxy groups -OCH3 is 2. The van der Waals surface area contributed by atoms with Gasteiger partial charge in [-0.05, 0) is 37.6 Å². The summed E-state index contributed by atoms with van der Waals surface area (Å²) >= 11 is 0. The van der Waals surface area contributed by atoms with E-state index >= 15 is 0 Å². The lowest BCUT2D eigenvalue weighted by atomic mass is 10.2. The fraction of sp³-hybridized carbons (Fsp3) is 0.261. The first kappa shape index (κ1) is 25.9. The van der Waals surface area contributed by atoms with Gasteiger partial charge in [0, 0.05) is 18.0 Å². The second kappa shape index (κ2) is 10.4. The van der Waals surface area contributed by atoms with Crippen molar-refractivity contribution in [3.63, 3.8) is 0 Å². The maximum absolute atomic E-state index is 13.3. The smallest absolute Gasteiger partial charge is 0.243 e. The molecule has 0 aliphatic heterocycles. The topological polar surface area (TPSA) is 154 Å². The van der Waals surface area contributed by atoms with Crippen LogP contribution in [0.2, 0.25) is 0 Å². The molecular weight excluding hydrogens is 505 g/mol. The van der Waals surface area contributed by atoms with Gasteiger partial charge in [-0.1, -0.05) is 6.07 Å². The Morgan fingerprint density at radius 3 is 2.30 bits per heavy atom. The number of aliphatic hydroxyl groups is 1. The predicted molar refractivity (Wildman–Crippen MR) is 131 cm³/mol. The van der Waals surface area contributed by atoms with Crippen molar-refractivity contribution in [2.24, 2.45) is 0 Å². The lowest BCUT2D eigenvalue weighted by Crippen LogP contribution is -2.32. The van der Waals surface area contributed by atoms with Crippen molar-refractivity contribution in [3.8, 4) is 28.6 Å². The highest BCUT2D eigenvalue weighted by Gasteiger charge is 2.33. The van der Waals surface area contributed by atoms with E-state index in [-0.39, 0.29) is 17.6 Å². The van der Waals surface area contributed by atoms with Gasteiger partial charge in [0.05, 0.1) is 26.6 Å². The molecule has 1 aromatic carbocycles. The van der Waals surface area contributed by atoms with E-state index < -0.39 is 27.2 Å². The summed E-state index contributed by atoms with van der Waals surface area (Å²) in [5, 5.41) is 17.4. The molecule has 3 heterocycles. The van der Waals surface area contributed by atoms with Crippen LogP contribution in [0, 0.1) is 12.7 Å². The minimum Gasteiger partial charge on any atom is -0.494 e. The summed E-state index contributed by atoms with van der Waals surface area (Å²) in [6.07, 6.45) is 3.25. The summed E-state index contributed by atoms with van der Waals surface area (Å²) in [5.41, 5.74) is 1.73. The van der Waals surface area contributed by atoms with E-state index in [4.69, 9.17) is 9.47 Å². The zero-order chi connectivity index (χ0) is 26.7. The first-order chi connectivity index (χ1) is 17.7. The number of rotatable bonds is 9. The molecule has 0 fully saturated rings. The average molecular weight is 530 g/mol. The zero-order valence-corrected chi connectivity index (χ0v) is 21.1. The van der Waals surface area contributed by atoms with Gasteiger partial charge in [0.1, 0.15) is 28.5 Å². The first-order valence-corrected chi connectivity index (χ1v) is 12.5. The normalized spacial score (nSPS) is 13.1. The van der Waals surface area contributed by atoms with Crippen LogP contribution in [0.5, 0.6) is 11.5 Å². The van der Waals surface area contributed by atoms with E-state index in [9.17, 15) is 17.9 Å². The van der Waals surface area contributed by atoms with Gasteiger partial charge >= 0.3 is 0 Å². The Kier molecular flexibility index (Phi) is 7.31. The molecule has 3 aromatic heterocycles. The third-order valence-corrected chi connectivity index (χ3v) is 7.20. The second-order valence-electron chi connectivity index (χ2n) is 8.00. The molecule has 37 heavy (non-hydrogen) atoms. The Balaban J connectivity index is 1.83. The molecule has 0 amide bonds. The van der Waals surface area contributed by atoms with Crippen LogP contribution in [-0.2, 0) is 10.0 Å². The number of nitrogens with zero attached hydrogens (tertiary/aromatic N) is 6. The van der Waals surface area contributed by atoms with E-state index in [2.05, 4.69) is 29.9 Å². The van der Waals surface area contributed by atoms with Crippen LogP contribution >= 0.6 is 0 Å². The van der Waals surface area contributed by atoms with Crippen LogP contribution in [0.25, 0.3) is 17.1 Å². The highest BCUT2D eigenvalue weighted by atomic mass is 32.2. The standard InChI is InChI=1S/C23H24FN7O5S/c1-13-8-15(10-25-9-13)22-28-29-23(31(22)19-17(35-3)6-5-7-18(19)36-4)30-37(33,34)14(2)20(32)21-26-11-16(24)12-27-21/h5-12,14,20,32H,1-4H3,(H,29,30)/t14-,20-/m0/s1. The van der Waals surface area contributed by atoms with Gasteiger partial charge in [0.25, 0.3) is 0 Å². The molecular formula is C23H24FN7O5S. The average Bonchev–Trinajstić information content (AvgIpc) is 3.29. The Labute approximate surface area is 212 Å². The molecule has 0 aliphatic carbocycles. The van der Waals surface area contributed by atoms with Gasteiger partial charge in [-0.3, -0.25) is 14.3 Å². The Hall–Kier alpha value is -4.17. The summed E-state index contributed by atoms with van der Waals surface area (Å²) in [7, 11) is -1.39. The van der Waals surface area contributed by atoms with Gasteiger partial charge in [-0.2, -0.15) is 0 Å². The molecule has 4 rings (SSSR count). The number of halogens is 1. The van der Waals surface area contributed by atoms with Gasteiger partial charge in [0.2, 0.25) is 16.0 Å². The van der Waals surface area contributed by atoms with Crippen LogP contribution in [0.15, 0.2) is 49.1 Å². The maximum Gasteiger partial charge on any atom is 0.243 e. The van der Waals surface area contributed by atoms with E-state index in [0.717, 1.165) is 18.0 Å². The molecule has 194 valence electrons. The quantitative estimate of drug-likeness (QED) is 0.330. The number of aromatic nitrogens is 6. The summed E-state index contributed by atoms with van der Waals surface area (Å²) in [6.45, 7) is 3.11. The minimum atomic E-state index is -4.31. The molecule has 0 radical (unpaired) electrons. The van der Waals surface area contributed by atoms with Crippen molar-refractivity contribution < 1.29 is 27.4 Å². The largest absolute Gasteiger partial charge is 0.494 e. The molecule has 0 unspecified atom stereocenters. The molecule has 0 saturated heterocycles. The number of hydrogen-bond donors (Lipinski definition) is 2. The second-order valence-corrected chi connectivity index (χ2v) is 10.0. The summed E-state index contributed by atoms with van der Waals surface area (Å²) < 4.78 is 54.7. The predicted octanol–water partition coefficient (Wildman–Crippen LogP) is 2.45. The van der Waals surface area contributed by atoms with Crippen molar-refractivity contribution >= 4 is 16.0 Å². The van der Waals surface area contributed by atoms with Crippen molar-refractivity contribution in [2.75, 3.05) is 18.9 Å². The number of anilines is 1. The molecule has 0 bridgehead atoms. The van der Waals surface area contributed by atoms with Crippen LogP contribution in [0.3, 0.4) is 0 Å². The number of aryl methyl sites for hydroxylation is 1. The van der Waals surface area contributed by atoms with Crippen molar-refractivity contribution in [1.82, 2.24) is 29.7 Å². The number of nitrogens with one attached hydrogen (secondary N) is 1. The van der Waals surface area contributed by atoms with Crippen molar-refractivity contribution in [1.29, 1.82) is 0 Å². The van der Waals surface area contributed by atoms with E-state index in [1.165, 1.54) is 25.7 Å². The summed E-state index contributed by atoms with van der Waals surface area (Å²) in [6, 6.07) is 6.87. The molecule has 0 spiro atoms. The molecule has 4 aromatic rings. The number of ether oxygens (including phenoxy) is 2. The fourth-order valence-corrected chi connectivity index (χ4v) is 4.59. The number of aliphatic hydroxyl groups excluding tert-OH is 1. The molecule has 14 heteroatoms. The number of para-hydroxylation sites is 1. The maximum atomic E-state index is 13.3. The van der Waals surface area contributed by atoms with Gasteiger partial charge in [0.15, 0.2) is 17.5 Å². The van der Waals surface area contributed by atoms with Crippen LogP contribution < -0.4 is 14.2 Å². The molecule has 2 N–H and O–H groups in total. The van der Waals surface area contributed by atoms with Crippen LogP contribution in [0.4, 0.5) is 10.3 Å². The molecule has 2 atom stereocenters. The summed E-state index contributed by atoms with van der Waals surface area (Å²) in [4.78, 5) is 11.6. The zero-order valence-electron chi connectivity index (χ0n) is 20.3. The van der Waals surface area contributed by atoms with E-state index in [0.29, 0.717) is 22.7 Å². The van der Waals surface area contributed by atoms with Crippen molar-refractivity contribution in [2.45, 2.75) is 25.2 Å². The van der Waals surface area contributed by atoms with Crippen LogP contribution in [-0.4, -0.2) is 62.7 Å². The highest BCUT2D eigenvalue weighted by Crippen LogP contribution is 2.38. The Morgan fingerprint density at radius 2 is 1.70 bits per heavy atom. The van der Waals surface area contributed by atoms with Crippen LogP contribution in [0.1, 0.15) is 24.4 Å². The number of benzene rings is 1. The molecule has 12 nitrogen and oxygen atoms in total. The first-order valence-electron chi connectivity index (χ1n) is 10.9. The fourth-order valence-electron chi connectivity index (χ4n) is 3.55. The third-order valence-electron chi connectivity index (χ3n) is 5.49. The lowest BCUT2D eigenvalue weighted by molar-refractivity contribution is 0.166. The number of sulfonamides is 1. The Morgan fingerprint density at radius 1 is 1.05 bits per heavy atom. The van der Waals surface area contributed by atoms with Crippen molar-refractivity contribution in [3.05, 3.63) is 66.3 Å². The third kappa shape index (κ3) is 5.20. The molecule has 0 saturated carbocycles. The number of pyridine rings is 1.